The molecule has 2 aromatic rings. The SMILES string of the molecule is C=Cn1ncc2c(OC(C)=O)c(Cl)c(Cl)c(OC(C)=O)c21. The van der Waals surface area contributed by atoms with Crippen LogP contribution in [0.2, 0.25) is 10.0 Å². The fourth-order valence-electron chi connectivity index (χ4n) is 1.80. The summed E-state index contributed by atoms with van der Waals surface area (Å²) in [7, 11) is 0. The predicted molar refractivity (Wildman–Crippen MR) is 78.8 cm³/mol. The lowest BCUT2D eigenvalue weighted by atomic mass is 10.2. The van der Waals surface area contributed by atoms with Gasteiger partial charge >= 0.3 is 11.9 Å². The van der Waals surface area contributed by atoms with E-state index < -0.39 is 11.9 Å². The van der Waals surface area contributed by atoms with Crippen molar-refractivity contribution in [2.75, 3.05) is 0 Å². The van der Waals surface area contributed by atoms with Crippen molar-refractivity contribution in [3.63, 3.8) is 0 Å². The lowest BCUT2D eigenvalue weighted by Gasteiger charge is -2.12. The van der Waals surface area contributed by atoms with E-state index in [0.717, 1.165) is 0 Å². The normalized spacial score (nSPS) is 10.5. The van der Waals surface area contributed by atoms with Crippen LogP contribution < -0.4 is 9.47 Å². The lowest BCUT2D eigenvalue weighted by molar-refractivity contribution is -0.132. The van der Waals surface area contributed by atoms with Crippen molar-refractivity contribution < 1.29 is 19.1 Å². The Labute approximate surface area is 129 Å². The molecule has 0 fully saturated rings. The van der Waals surface area contributed by atoms with Gasteiger partial charge in [0.2, 0.25) is 0 Å². The second-order valence-electron chi connectivity index (χ2n) is 4.01. The van der Waals surface area contributed by atoms with Crippen LogP contribution in [0.1, 0.15) is 13.8 Å². The Hall–Kier alpha value is -2.05. The molecule has 2 rings (SSSR count). The highest BCUT2D eigenvalue weighted by Crippen LogP contribution is 2.46. The Morgan fingerprint density at radius 3 is 2.24 bits per heavy atom. The standard InChI is InChI=1S/C13H10Cl2N2O4/c1-4-17-11-8(5-16-17)12(20-6(2)18)9(14)10(15)13(11)21-7(3)19/h4-5H,1H2,2-3H3. The van der Waals surface area contributed by atoms with Crippen LogP contribution in [-0.4, -0.2) is 21.7 Å². The third-order valence-electron chi connectivity index (χ3n) is 2.51. The van der Waals surface area contributed by atoms with Gasteiger partial charge in [0.05, 0.1) is 11.6 Å². The van der Waals surface area contributed by atoms with Gasteiger partial charge in [0.15, 0.2) is 11.5 Å². The highest BCUT2D eigenvalue weighted by Gasteiger charge is 2.24. The molecule has 0 aliphatic rings. The Morgan fingerprint density at radius 1 is 1.19 bits per heavy atom. The van der Waals surface area contributed by atoms with Crippen molar-refractivity contribution >= 4 is 52.2 Å². The molecule has 0 saturated carbocycles. The predicted octanol–water partition coefficient (Wildman–Crippen LogP) is 3.29. The molecule has 0 aliphatic carbocycles. The van der Waals surface area contributed by atoms with Crippen molar-refractivity contribution in [1.82, 2.24) is 9.78 Å². The van der Waals surface area contributed by atoms with E-state index in [-0.39, 0.29) is 21.5 Å². The van der Waals surface area contributed by atoms with Gasteiger partial charge < -0.3 is 9.47 Å². The Bertz CT molecular complexity index is 767. The minimum absolute atomic E-state index is 0.0254. The summed E-state index contributed by atoms with van der Waals surface area (Å²) in [6.45, 7) is 6.05. The van der Waals surface area contributed by atoms with Gasteiger partial charge in [0.1, 0.15) is 15.6 Å². The maximum absolute atomic E-state index is 11.2. The molecule has 8 heteroatoms. The average Bonchev–Trinajstić information content (AvgIpc) is 2.82. The van der Waals surface area contributed by atoms with Gasteiger partial charge in [-0.1, -0.05) is 29.8 Å². The maximum Gasteiger partial charge on any atom is 0.308 e. The van der Waals surface area contributed by atoms with Gasteiger partial charge in [-0.2, -0.15) is 5.10 Å². The third kappa shape index (κ3) is 2.72. The third-order valence-corrected chi connectivity index (χ3v) is 3.33. The highest BCUT2D eigenvalue weighted by molar-refractivity contribution is 6.45. The van der Waals surface area contributed by atoms with Crippen molar-refractivity contribution in [2.24, 2.45) is 0 Å². The molecule has 0 radical (unpaired) electrons. The molecule has 0 spiro atoms. The van der Waals surface area contributed by atoms with E-state index in [4.69, 9.17) is 32.7 Å². The molecular weight excluding hydrogens is 319 g/mol. The number of ether oxygens (including phenoxy) is 2. The molecule has 0 saturated heterocycles. The summed E-state index contributed by atoms with van der Waals surface area (Å²) in [4.78, 5) is 22.4. The summed E-state index contributed by atoms with van der Waals surface area (Å²) in [6, 6.07) is 0. The summed E-state index contributed by atoms with van der Waals surface area (Å²) in [5, 5.41) is 4.30. The van der Waals surface area contributed by atoms with E-state index in [2.05, 4.69) is 11.7 Å². The summed E-state index contributed by atoms with van der Waals surface area (Å²) in [5.74, 6) is -1.07. The number of carbonyl (C=O) groups is 2. The van der Waals surface area contributed by atoms with Crippen molar-refractivity contribution in [1.29, 1.82) is 0 Å². The minimum atomic E-state index is -0.577. The molecule has 1 aromatic heterocycles. The van der Waals surface area contributed by atoms with Crippen LogP contribution in [0, 0.1) is 0 Å². The molecular formula is C13H10Cl2N2O4. The molecule has 110 valence electrons. The largest absolute Gasteiger partial charge is 0.424 e. The van der Waals surface area contributed by atoms with Crippen molar-refractivity contribution in [2.45, 2.75) is 13.8 Å². The van der Waals surface area contributed by atoms with Crippen molar-refractivity contribution in [3.05, 3.63) is 22.8 Å². The molecule has 0 N–H and O–H groups in total. The smallest absolute Gasteiger partial charge is 0.308 e. The number of hydrogen-bond donors (Lipinski definition) is 0. The number of halogens is 2. The molecule has 0 bridgehead atoms. The fraction of sp³-hybridized carbons (Fsp3) is 0.154. The number of fused-ring (bicyclic) bond motifs is 1. The number of carbonyl (C=O) groups excluding carboxylic acids is 2. The summed E-state index contributed by atoms with van der Waals surface area (Å²) < 4.78 is 11.5. The fourth-order valence-corrected chi connectivity index (χ4v) is 2.24. The van der Waals surface area contributed by atoms with Gasteiger partial charge in [-0.15, -0.1) is 0 Å². The first-order valence-electron chi connectivity index (χ1n) is 5.74. The van der Waals surface area contributed by atoms with E-state index in [9.17, 15) is 9.59 Å². The summed E-state index contributed by atoms with van der Waals surface area (Å²) in [5.41, 5.74) is 0.325. The Balaban J connectivity index is 2.87. The first-order chi connectivity index (χ1) is 9.86. The molecule has 1 heterocycles. The number of hydrogen-bond acceptors (Lipinski definition) is 5. The van der Waals surface area contributed by atoms with E-state index >= 15 is 0 Å². The minimum Gasteiger partial charge on any atom is -0.424 e. The van der Waals surface area contributed by atoms with Crippen LogP contribution in [-0.2, 0) is 9.59 Å². The van der Waals surface area contributed by atoms with E-state index in [1.54, 1.807) is 0 Å². The number of nitrogens with zero attached hydrogens (tertiary/aromatic N) is 2. The van der Waals surface area contributed by atoms with Crippen LogP contribution in [0.5, 0.6) is 11.5 Å². The number of aromatic nitrogens is 2. The molecule has 0 aliphatic heterocycles. The molecule has 0 unspecified atom stereocenters. The second kappa shape index (κ2) is 5.75. The van der Waals surface area contributed by atoms with E-state index in [1.165, 1.54) is 30.9 Å². The quantitative estimate of drug-likeness (QED) is 0.638. The zero-order valence-corrected chi connectivity index (χ0v) is 12.7. The molecule has 0 amide bonds. The Kier molecular flexibility index (Phi) is 4.20. The van der Waals surface area contributed by atoms with Gasteiger partial charge in [0, 0.05) is 20.0 Å². The first-order valence-corrected chi connectivity index (χ1v) is 6.50. The maximum atomic E-state index is 11.2. The highest BCUT2D eigenvalue weighted by atomic mass is 35.5. The molecule has 0 atom stereocenters. The van der Waals surface area contributed by atoms with E-state index in [0.29, 0.717) is 10.9 Å². The van der Waals surface area contributed by atoms with Gasteiger partial charge in [-0.3, -0.25) is 9.59 Å². The number of esters is 2. The van der Waals surface area contributed by atoms with E-state index in [1.807, 2.05) is 0 Å². The van der Waals surface area contributed by atoms with Crippen LogP contribution in [0.3, 0.4) is 0 Å². The van der Waals surface area contributed by atoms with Gasteiger partial charge in [-0.05, 0) is 0 Å². The van der Waals surface area contributed by atoms with Crippen molar-refractivity contribution in [3.8, 4) is 11.5 Å². The average molecular weight is 329 g/mol. The topological polar surface area (TPSA) is 70.4 Å². The number of benzene rings is 1. The van der Waals surface area contributed by atoms with Crippen LogP contribution in [0.25, 0.3) is 17.1 Å². The molecule has 21 heavy (non-hydrogen) atoms. The first kappa shape index (κ1) is 15.3. The Morgan fingerprint density at radius 2 is 1.71 bits per heavy atom. The van der Waals surface area contributed by atoms with Gasteiger partial charge in [0.25, 0.3) is 0 Å². The second-order valence-corrected chi connectivity index (χ2v) is 4.76. The van der Waals surface area contributed by atoms with Crippen LogP contribution >= 0.6 is 23.2 Å². The zero-order valence-electron chi connectivity index (χ0n) is 11.1. The zero-order chi connectivity index (χ0) is 15.7. The molecule has 1 aromatic carbocycles. The van der Waals surface area contributed by atoms with Gasteiger partial charge in [-0.25, -0.2) is 4.68 Å². The summed E-state index contributed by atoms with van der Waals surface area (Å²) >= 11 is 12.2. The number of rotatable bonds is 3. The lowest BCUT2D eigenvalue weighted by Crippen LogP contribution is -2.06. The van der Waals surface area contributed by atoms with Crippen LogP contribution in [0.15, 0.2) is 12.8 Å². The van der Waals surface area contributed by atoms with Crippen LogP contribution in [0.4, 0.5) is 0 Å². The molecule has 6 nitrogen and oxygen atoms in total. The summed E-state index contributed by atoms with van der Waals surface area (Å²) in [6.07, 6.45) is 2.79. The monoisotopic (exact) mass is 328 g/mol.